The molecule has 1 rings (SSSR count). The molecule has 1 heterocycles. The lowest BCUT2D eigenvalue weighted by Crippen LogP contribution is -2.39. The quantitative estimate of drug-likeness (QED) is 0.698. The van der Waals surface area contributed by atoms with Gasteiger partial charge in [0.15, 0.2) is 0 Å². The van der Waals surface area contributed by atoms with Crippen LogP contribution in [-0.4, -0.2) is 46.9 Å². The third-order valence-electron chi connectivity index (χ3n) is 4.21. The average molecular weight is 312 g/mol. The molecule has 2 atom stereocenters. The normalized spacial score (nSPS) is 21.8. The van der Waals surface area contributed by atoms with Crippen LogP contribution in [0.15, 0.2) is 0 Å². The lowest BCUT2D eigenvalue weighted by molar-refractivity contribution is -0.134. The van der Waals surface area contributed by atoms with Gasteiger partial charge in [-0.2, -0.15) is 0 Å². The Morgan fingerprint density at radius 2 is 1.91 bits per heavy atom. The van der Waals surface area contributed by atoms with E-state index in [-0.39, 0.29) is 48.3 Å². The zero-order chi connectivity index (χ0) is 16.9. The summed E-state index contributed by atoms with van der Waals surface area (Å²) in [6, 6.07) is 0. The fourth-order valence-electron chi connectivity index (χ4n) is 2.56. The van der Waals surface area contributed by atoms with Gasteiger partial charge in [-0.15, -0.1) is 0 Å². The number of carbonyl (C=O) groups excluding carboxylic acids is 3. The van der Waals surface area contributed by atoms with Crippen molar-refractivity contribution in [2.75, 3.05) is 13.1 Å². The molecule has 0 aliphatic carbocycles. The lowest BCUT2D eigenvalue weighted by atomic mass is 9.94. The Labute approximate surface area is 132 Å². The number of likely N-dealkylation sites (tertiary alicyclic amines) is 1. The van der Waals surface area contributed by atoms with Crippen molar-refractivity contribution >= 4 is 17.6 Å². The second-order valence-electron chi connectivity index (χ2n) is 6.58. The second kappa shape index (κ2) is 8.27. The maximum Gasteiger partial charge on any atom is 0.225 e. The van der Waals surface area contributed by atoms with E-state index < -0.39 is 6.23 Å². The first-order valence-electron chi connectivity index (χ1n) is 8.01. The van der Waals surface area contributed by atoms with Gasteiger partial charge < -0.3 is 15.3 Å². The van der Waals surface area contributed by atoms with Gasteiger partial charge in [-0.05, 0) is 5.92 Å². The minimum atomic E-state index is -0.803. The van der Waals surface area contributed by atoms with Gasteiger partial charge in [0.05, 0.1) is 0 Å². The molecular weight excluding hydrogens is 284 g/mol. The summed E-state index contributed by atoms with van der Waals surface area (Å²) in [6.07, 6.45) is -0.000439. The van der Waals surface area contributed by atoms with Gasteiger partial charge in [-0.3, -0.25) is 14.4 Å². The predicted molar refractivity (Wildman–Crippen MR) is 82.8 cm³/mol. The van der Waals surface area contributed by atoms with Crippen molar-refractivity contribution in [2.45, 2.75) is 53.2 Å². The molecule has 126 valence electrons. The molecule has 6 heteroatoms. The van der Waals surface area contributed by atoms with E-state index >= 15 is 0 Å². The van der Waals surface area contributed by atoms with Gasteiger partial charge in [0.2, 0.25) is 11.8 Å². The van der Waals surface area contributed by atoms with E-state index in [1.807, 2.05) is 27.7 Å². The van der Waals surface area contributed by atoms with Crippen LogP contribution in [-0.2, 0) is 14.4 Å². The summed E-state index contributed by atoms with van der Waals surface area (Å²) >= 11 is 0. The van der Waals surface area contributed by atoms with E-state index in [9.17, 15) is 19.5 Å². The highest BCUT2D eigenvalue weighted by Gasteiger charge is 2.39. The maximum atomic E-state index is 11.9. The van der Waals surface area contributed by atoms with Gasteiger partial charge >= 0.3 is 0 Å². The van der Waals surface area contributed by atoms with Crippen molar-refractivity contribution < 1.29 is 19.5 Å². The highest BCUT2D eigenvalue weighted by atomic mass is 16.3. The van der Waals surface area contributed by atoms with Gasteiger partial charge in [0.1, 0.15) is 12.0 Å². The molecule has 0 spiro atoms. The zero-order valence-electron chi connectivity index (χ0n) is 14.0. The van der Waals surface area contributed by atoms with E-state index in [1.165, 1.54) is 4.90 Å². The molecule has 0 saturated carbocycles. The van der Waals surface area contributed by atoms with E-state index in [4.69, 9.17) is 0 Å². The molecule has 0 aromatic carbocycles. The Balaban J connectivity index is 2.32. The van der Waals surface area contributed by atoms with Crippen LogP contribution in [0, 0.1) is 17.8 Å². The number of carbonyl (C=O) groups is 3. The number of aliphatic hydroxyl groups is 1. The number of Topliss-reactive ketones (excluding diaryl/α,β-unsaturated/α-hetero) is 1. The van der Waals surface area contributed by atoms with E-state index in [2.05, 4.69) is 5.32 Å². The molecule has 2 amide bonds. The molecule has 6 nitrogen and oxygen atoms in total. The number of nitrogens with zero attached hydrogens (tertiary/aromatic N) is 1. The molecule has 0 aromatic heterocycles. The summed E-state index contributed by atoms with van der Waals surface area (Å²) in [4.78, 5) is 36.4. The number of aliphatic hydroxyl groups excluding tert-OH is 1. The van der Waals surface area contributed by atoms with E-state index in [0.717, 1.165) is 0 Å². The summed E-state index contributed by atoms with van der Waals surface area (Å²) in [7, 11) is 0. The molecule has 0 bridgehead atoms. The van der Waals surface area contributed by atoms with Gasteiger partial charge in [-0.1, -0.05) is 27.7 Å². The molecular formula is C16H28N2O4. The molecule has 2 N–H and O–H groups in total. The van der Waals surface area contributed by atoms with Crippen molar-refractivity contribution in [3.63, 3.8) is 0 Å². The van der Waals surface area contributed by atoms with Crippen LogP contribution < -0.4 is 5.32 Å². The largest absolute Gasteiger partial charge is 0.373 e. The first-order valence-corrected chi connectivity index (χ1v) is 8.01. The zero-order valence-corrected chi connectivity index (χ0v) is 14.0. The fraction of sp³-hybridized carbons (Fsp3) is 0.812. The lowest BCUT2D eigenvalue weighted by Gasteiger charge is -2.25. The highest BCUT2D eigenvalue weighted by Crippen LogP contribution is 2.29. The van der Waals surface area contributed by atoms with Crippen LogP contribution in [0.5, 0.6) is 0 Å². The van der Waals surface area contributed by atoms with Gasteiger partial charge in [0.25, 0.3) is 0 Å². The maximum absolute atomic E-state index is 11.9. The second-order valence-corrected chi connectivity index (χ2v) is 6.58. The standard InChI is InChI=1S/C16H28N2O4/c1-10(2)12-9-15(21)18(16(12)22)8-6-14(20)17-7-5-13(19)11(3)4/h10-12,16,22H,5-9H2,1-4H3,(H,17,20). The highest BCUT2D eigenvalue weighted by molar-refractivity contribution is 5.82. The molecule has 0 radical (unpaired) electrons. The summed E-state index contributed by atoms with van der Waals surface area (Å²) < 4.78 is 0. The molecule has 1 aliphatic heterocycles. The summed E-state index contributed by atoms with van der Waals surface area (Å²) in [5.41, 5.74) is 0. The smallest absolute Gasteiger partial charge is 0.225 e. The number of ketones is 1. The predicted octanol–water partition coefficient (Wildman–Crippen LogP) is 0.931. The Bertz CT molecular complexity index is 420. The van der Waals surface area contributed by atoms with Crippen molar-refractivity contribution in [2.24, 2.45) is 17.8 Å². The van der Waals surface area contributed by atoms with Crippen molar-refractivity contribution in [1.29, 1.82) is 0 Å². The Morgan fingerprint density at radius 1 is 1.27 bits per heavy atom. The monoisotopic (exact) mass is 312 g/mol. The van der Waals surface area contributed by atoms with Crippen LogP contribution in [0.4, 0.5) is 0 Å². The number of hydrogen-bond donors (Lipinski definition) is 2. The van der Waals surface area contributed by atoms with Crippen molar-refractivity contribution in [3.05, 3.63) is 0 Å². The van der Waals surface area contributed by atoms with E-state index in [0.29, 0.717) is 19.4 Å². The van der Waals surface area contributed by atoms with E-state index in [1.54, 1.807) is 0 Å². The molecule has 0 aromatic rings. The number of nitrogens with one attached hydrogen (secondary N) is 1. The fourth-order valence-corrected chi connectivity index (χ4v) is 2.56. The first kappa shape index (κ1) is 18.6. The number of hydrogen-bond acceptors (Lipinski definition) is 4. The first-order chi connectivity index (χ1) is 10.2. The Kier molecular flexibility index (Phi) is 7.00. The summed E-state index contributed by atoms with van der Waals surface area (Å²) in [5.74, 6) is -0.0648. The molecule has 22 heavy (non-hydrogen) atoms. The van der Waals surface area contributed by atoms with Crippen LogP contribution in [0.25, 0.3) is 0 Å². The van der Waals surface area contributed by atoms with Crippen LogP contribution in [0.2, 0.25) is 0 Å². The van der Waals surface area contributed by atoms with Crippen molar-refractivity contribution in [1.82, 2.24) is 10.2 Å². The molecule has 1 fully saturated rings. The minimum Gasteiger partial charge on any atom is -0.373 e. The SMILES string of the molecule is CC(C)C(=O)CCNC(=O)CCN1C(=O)CC(C(C)C)C1O. The molecule has 2 unspecified atom stereocenters. The topological polar surface area (TPSA) is 86.7 Å². The Morgan fingerprint density at radius 3 is 2.41 bits per heavy atom. The molecule has 1 saturated heterocycles. The summed E-state index contributed by atoms with van der Waals surface area (Å²) in [6.45, 7) is 8.14. The number of amides is 2. The van der Waals surface area contributed by atoms with Crippen LogP contribution in [0.1, 0.15) is 47.0 Å². The van der Waals surface area contributed by atoms with Gasteiger partial charge in [0, 0.05) is 44.2 Å². The van der Waals surface area contributed by atoms with Gasteiger partial charge in [-0.25, -0.2) is 0 Å². The van der Waals surface area contributed by atoms with Crippen LogP contribution >= 0.6 is 0 Å². The Hall–Kier alpha value is -1.43. The molecule has 1 aliphatic rings. The van der Waals surface area contributed by atoms with Crippen molar-refractivity contribution in [3.8, 4) is 0 Å². The third kappa shape index (κ3) is 5.09. The third-order valence-corrected chi connectivity index (χ3v) is 4.21. The van der Waals surface area contributed by atoms with Crippen LogP contribution in [0.3, 0.4) is 0 Å². The average Bonchev–Trinajstić information content (AvgIpc) is 2.71. The minimum absolute atomic E-state index is 0.0257. The number of rotatable bonds is 8. The summed E-state index contributed by atoms with van der Waals surface area (Å²) in [5, 5.41) is 12.8.